The van der Waals surface area contributed by atoms with Gasteiger partial charge in [0.1, 0.15) is 6.10 Å². The first-order valence-corrected chi connectivity index (χ1v) is 8.93. The predicted molar refractivity (Wildman–Crippen MR) is 92.2 cm³/mol. The quantitative estimate of drug-likeness (QED) is 0.762. The third-order valence-corrected chi connectivity index (χ3v) is 5.64. The highest BCUT2D eigenvalue weighted by molar-refractivity contribution is 6.11. The number of carbonyl (C=O) groups is 3. The largest absolute Gasteiger partial charge is 0.483 e. The van der Waals surface area contributed by atoms with Crippen LogP contribution in [0, 0.1) is 5.92 Å². The third-order valence-electron chi connectivity index (χ3n) is 5.64. The van der Waals surface area contributed by atoms with Gasteiger partial charge in [-0.05, 0) is 37.0 Å². The highest BCUT2D eigenvalue weighted by Crippen LogP contribution is 2.46. The first-order valence-electron chi connectivity index (χ1n) is 8.93. The van der Waals surface area contributed by atoms with Gasteiger partial charge in [0.2, 0.25) is 0 Å². The molecule has 4 rings (SSSR count). The van der Waals surface area contributed by atoms with Crippen molar-refractivity contribution in [3.63, 3.8) is 0 Å². The van der Waals surface area contributed by atoms with Crippen LogP contribution in [0.2, 0.25) is 0 Å². The number of ether oxygens (including phenoxy) is 2. The molecule has 1 aromatic rings. The minimum Gasteiger partial charge on any atom is -0.483 e. The molecular weight excluding hydrogens is 334 g/mol. The average Bonchev–Trinajstić information content (AvgIpc) is 2.93. The molecule has 6 nitrogen and oxygen atoms in total. The van der Waals surface area contributed by atoms with E-state index >= 15 is 0 Å². The second kappa shape index (κ2) is 6.27. The molecule has 2 heterocycles. The molecular formula is C20H21NO5. The van der Waals surface area contributed by atoms with Crippen LogP contribution in [0.15, 0.2) is 35.6 Å². The summed E-state index contributed by atoms with van der Waals surface area (Å²) in [5.74, 6) is -0.578. The van der Waals surface area contributed by atoms with Crippen molar-refractivity contribution < 1.29 is 23.9 Å². The molecule has 0 spiro atoms. The minimum absolute atomic E-state index is 0.0377. The number of carbonyl (C=O) groups excluding carboxylic acids is 3. The molecule has 3 unspecified atom stereocenters. The number of ketones is 1. The number of benzene rings is 1. The fourth-order valence-corrected chi connectivity index (χ4v) is 4.27. The molecule has 0 saturated heterocycles. The number of likely N-dealkylation sites (N-methyl/N-ethyl adjacent to an activating group) is 1. The van der Waals surface area contributed by atoms with Gasteiger partial charge < -0.3 is 14.4 Å². The number of hydrogen-bond acceptors (Lipinski definition) is 5. The van der Waals surface area contributed by atoms with Crippen LogP contribution in [0.25, 0.3) is 0 Å². The summed E-state index contributed by atoms with van der Waals surface area (Å²) in [4.78, 5) is 39.0. The third kappa shape index (κ3) is 2.43. The Morgan fingerprint density at radius 2 is 1.85 bits per heavy atom. The van der Waals surface area contributed by atoms with Gasteiger partial charge in [0.05, 0.1) is 30.2 Å². The highest BCUT2D eigenvalue weighted by Gasteiger charge is 2.50. The summed E-state index contributed by atoms with van der Waals surface area (Å²) < 4.78 is 10.7. The Morgan fingerprint density at radius 1 is 1.15 bits per heavy atom. The summed E-state index contributed by atoms with van der Waals surface area (Å²) >= 11 is 0. The number of rotatable bonds is 2. The van der Waals surface area contributed by atoms with Gasteiger partial charge in [0, 0.05) is 7.05 Å². The van der Waals surface area contributed by atoms with E-state index in [2.05, 4.69) is 0 Å². The van der Waals surface area contributed by atoms with Crippen molar-refractivity contribution in [2.75, 3.05) is 14.2 Å². The van der Waals surface area contributed by atoms with E-state index in [4.69, 9.17) is 9.47 Å². The molecule has 3 atom stereocenters. The Bertz CT molecular complexity index is 810. The first kappa shape index (κ1) is 16.8. The highest BCUT2D eigenvalue weighted by atomic mass is 16.5. The molecule has 0 aromatic heterocycles. The normalized spacial score (nSPS) is 27.8. The summed E-state index contributed by atoms with van der Waals surface area (Å²) in [6, 6.07) is 6.35. The monoisotopic (exact) mass is 355 g/mol. The summed E-state index contributed by atoms with van der Waals surface area (Å²) in [6.07, 6.45) is 3.50. The summed E-state index contributed by atoms with van der Waals surface area (Å²) in [5.41, 5.74) is 1.67. The minimum atomic E-state index is -0.473. The van der Waals surface area contributed by atoms with E-state index in [1.165, 1.54) is 7.11 Å². The Kier molecular flexibility index (Phi) is 4.05. The summed E-state index contributed by atoms with van der Waals surface area (Å²) in [5, 5.41) is 0. The Labute approximate surface area is 151 Å². The lowest BCUT2D eigenvalue weighted by molar-refractivity contribution is -0.134. The van der Waals surface area contributed by atoms with E-state index in [0.717, 1.165) is 31.2 Å². The van der Waals surface area contributed by atoms with E-state index in [1.54, 1.807) is 36.2 Å². The van der Waals surface area contributed by atoms with Gasteiger partial charge in [0.25, 0.3) is 5.91 Å². The molecule has 136 valence electrons. The maximum absolute atomic E-state index is 13.1. The Balaban J connectivity index is 1.72. The Morgan fingerprint density at radius 3 is 2.54 bits per heavy atom. The van der Waals surface area contributed by atoms with Gasteiger partial charge in [-0.15, -0.1) is 0 Å². The molecule has 0 N–H and O–H groups in total. The molecule has 1 aromatic carbocycles. The number of esters is 1. The lowest BCUT2D eigenvalue weighted by atomic mass is 9.77. The van der Waals surface area contributed by atoms with Crippen molar-refractivity contribution in [1.82, 2.24) is 4.90 Å². The molecule has 0 bridgehead atoms. The zero-order chi connectivity index (χ0) is 18.4. The smallest absolute Gasteiger partial charge is 0.337 e. The van der Waals surface area contributed by atoms with Crippen LogP contribution in [0.1, 0.15) is 47.6 Å². The van der Waals surface area contributed by atoms with Crippen LogP contribution in [0.4, 0.5) is 0 Å². The van der Waals surface area contributed by atoms with E-state index in [1.807, 2.05) is 0 Å². The van der Waals surface area contributed by atoms with Crippen LogP contribution >= 0.6 is 0 Å². The first-order chi connectivity index (χ1) is 12.5. The van der Waals surface area contributed by atoms with Gasteiger partial charge in [-0.2, -0.15) is 0 Å². The summed E-state index contributed by atoms with van der Waals surface area (Å²) in [6.45, 7) is 0. The number of Topliss-reactive ketones (excluding diaryl/α,β-unsaturated/α-hetero) is 1. The van der Waals surface area contributed by atoms with E-state index in [0.29, 0.717) is 11.1 Å². The van der Waals surface area contributed by atoms with Crippen molar-refractivity contribution in [3.05, 3.63) is 46.7 Å². The fraction of sp³-hybridized carbons (Fsp3) is 0.450. The zero-order valence-electron chi connectivity index (χ0n) is 14.9. The number of fused-ring (bicyclic) bond motifs is 1. The van der Waals surface area contributed by atoms with Gasteiger partial charge in [-0.3, -0.25) is 9.59 Å². The molecule has 0 radical (unpaired) electrons. The number of hydrogen-bond donors (Lipinski definition) is 0. The van der Waals surface area contributed by atoms with Crippen molar-refractivity contribution in [2.24, 2.45) is 5.92 Å². The molecule has 2 aliphatic heterocycles. The van der Waals surface area contributed by atoms with Crippen LogP contribution in [0.5, 0.6) is 0 Å². The molecule has 1 aliphatic carbocycles. The molecule has 6 heteroatoms. The lowest BCUT2D eigenvalue weighted by Crippen LogP contribution is -2.39. The topological polar surface area (TPSA) is 72.9 Å². The molecule has 3 aliphatic rings. The second-order valence-electron chi connectivity index (χ2n) is 7.09. The van der Waals surface area contributed by atoms with Crippen molar-refractivity contribution in [3.8, 4) is 0 Å². The zero-order valence-corrected chi connectivity index (χ0v) is 14.9. The van der Waals surface area contributed by atoms with Crippen LogP contribution in [0.3, 0.4) is 0 Å². The summed E-state index contributed by atoms with van der Waals surface area (Å²) in [7, 11) is 3.01. The number of nitrogens with zero attached hydrogens (tertiary/aromatic N) is 1. The van der Waals surface area contributed by atoms with Gasteiger partial charge >= 0.3 is 5.97 Å². The van der Waals surface area contributed by atoms with Crippen LogP contribution in [-0.2, 0) is 19.1 Å². The maximum atomic E-state index is 13.1. The predicted octanol–water partition coefficient (Wildman–Crippen LogP) is 2.40. The molecule has 1 amide bonds. The fourth-order valence-electron chi connectivity index (χ4n) is 4.27. The van der Waals surface area contributed by atoms with E-state index < -0.39 is 12.0 Å². The molecule has 26 heavy (non-hydrogen) atoms. The molecule has 1 saturated carbocycles. The number of methoxy groups -OCH3 is 1. The lowest BCUT2D eigenvalue weighted by Gasteiger charge is -2.35. The van der Waals surface area contributed by atoms with Crippen LogP contribution in [-0.4, -0.2) is 42.8 Å². The van der Waals surface area contributed by atoms with Crippen LogP contribution < -0.4 is 0 Å². The number of amides is 1. The van der Waals surface area contributed by atoms with Crippen molar-refractivity contribution in [2.45, 2.75) is 37.8 Å². The average molecular weight is 355 g/mol. The Hall–Kier alpha value is -2.63. The maximum Gasteiger partial charge on any atom is 0.337 e. The van der Waals surface area contributed by atoms with E-state index in [-0.39, 0.29) is 29.5 Å². The second-order valence-corrected chi connectivity index (χ2v) is 7.09. The van der Waals surface area contributed by atoms with Gasteiger partial charge in [0.15, 0.2) is 11.5 Å². The van der Waals surface area contributed by atoms with Crippen molar-refractivity contribution >= 4 is 17.7 Å². The SMILES string of the molecule is COC(=O)c1ccc(C2C3=C(OC4CCCCC4C3=O)C(=O)N2C)cc1. The van der Waals surface area contributed by atoms with Gasteiger partial charge in [-0.1, -0.05) is 18.6 Å². The van der Waals surface area contributed by atoms with Crippen molar-refractivity contribution in [1.29, 1.82) is 0 Å². The molecule has 1 fully saturated rings. The van der Waals surface area contributed by atoms with Gasteiger partial charge in [-0.25, -0.2) is 4.79 Å². The standard InChI is InChI=1S/C20H21NO5/c1-21-16(11-7-9-12(10-8-11)20(24)25-2)15-17(22)13-5-3-4-6-14(13)26-18(15)19(21)23/h7-10,13-14,16H,3-6H2,1-2H3. The van der Waals surface area contributed by atoms with E-state index in [9.17, 15) is 14.4 Å².